The van der Waals surface area contributed by atoms with Crippen LogP contribution in [0.3, 0.4) is 0 Å². The number of halogens is 1. The molecule has 0 fully saturated rings. The topological polar surface area (TPSA) is 91.7 Å². The zero-order valence-corrected chi connectivity index (χ0v) is 16.9. The van der Waals surface area contributed by atoms with Crippen LogP contribution in [0.15, 0.2) is 83.1 Å². The Morgan fingerprint density at radius 3 is 2.43 bits per heavy atom. The molecular formula is C21H19FN4O3S. The Morgan fingerprint density at radius 1 is 1.10 bits per heavy atom. The van der Waals surface area contributed by atoms with Crippen molar-refractivity contribution < 1.29 is 17.6 Å². The van der Waals surface area contributed by atoms with Crippen LogP contribution in [-0.2, 0) is 14.8 Å². The van der Waals surface area contributed by atoms with Crippen molar-refractivity contribution in [3.05, 3.63) is 90.0 Å². The summed E-state index contributed by atoms with van der Waals surface area (Å²) in [4.78, 5) is 16.2. The number of rotatable bonds is 7. The molecule has 0 aliphatic heterocycles. The summed E-state index contributed by atoms with van der Waals surface area (Å²) >= 11 is 0. The maximum atomic E-state index is 14.4. The number of aromatic nitrogens is 1. The van der Waals surface area contributed by atoms with Crippen LogP contribution in [0.1, 0.15) is 11.1 Å². The van der Waals surface area contributed by atoms with E-state index in [0.29, 0.717) is 5.56 Å². The predicted molar refractivity (Wildman–Crippen MR) is 112 cm³/mol. The SMILES string of the molecule is Cc1ccc(S(=O)(=O)N(CC(=O)N/N=C/c2ccncc2)c2ccccc2F)cc1. The fourth-order valence-electron chi connectivity index (χ4n) is 2.59. The van der Waals surface area contributed by atoms with Crippen molar-refractivity contribution in [2.75, 3.05) is 10.8 Å². The minimum Gasteiger partial charge on any atom is -0.271 e. The Hall–Kier alpha value is -3.59. The Bertz CT molecular complexity index is 1150. The molecule has 0 saturated carbocycles. The van der Waals surface area contributed by atoms with Gasteiger partial charge >= 0.3 is 0 Å². The molecule has 0 bridgehead atoms. The number of carbonyl (C=O) groups excluding carboxylic acids is 1. The van der Waals surface area contributed by atoms with Gasteiger partial charge in [-0.3, -0.25) is 14.1 Å². The number of sulfonamides is 1. The van der Waals surface area contributed by atoms with Crippen molar-refractivity contribution >= 4 is 27.8 Å². The molecule has 0 spiro atoms. The van der Waals surface area contributed by atoms with Crippen LogP contribution in [0, 0.1) is 12.7 Å². The van der Waals surface area contributed by atoms with E-state index in [1.807, 2.05) is 6.92 Å². The van der Waals surface area contributed by atoms with E-state index in [1.165, 1.54) is 36.5 Å². The number of anilines is 1. The van der Waals surface area contributed by atoms with Crippen molar-refractivity contribution in [2.45, 2.75) is 11.8 Å². The molecule has 1 aromatic heterocycles. The summed E-state index contributed by atoms with van der Waals surface area (Å²) in [6.45, 7) is 1.17. The second-order valence-corrected chi connectivity index (χ2v) is 8.21. The second-order valence-electron chi connectivity index (χ2n) is 6.35. The standard InChI is InChI=1S/C21H19FN4O3S/c1-16-6-8-18(9-7-16)30(28,29)26(20-5-3-2-4-19(20)22)15-21(27)25-24-14-17-10-12-23-13-11-17/h2-14H,15H2,1H3,(H,25,27)/b24-14+. The molecule has 0 saturated heterocycles. The molecule has 2 aromatic carbocycles. The molecule has 7 nitrogen and oxygen atoms in total. The molecule has 3 rings (SSSR count). The van der Waals surface area contributed by atoms with E-state index in [1.54, 1.807) is 36.7 Å². The van der Waals surface area contributed by atoms with Gasteiger partial charge in [-0.15, -0.1) is 0 Å². The van der Waals surface area contributed by atoms with Crippen LogP contribution in [0.25, 0.3) is 0 Å². The molecule has 154 valence electrons. The fraction of sp³-hybridized carbons (Fsp3) is 0.0952. The number of hydrazone groups is 1. The molecule has 0 unspecified atom stereocenters. The summed E-state index contributed by atoms with van der Waals surface area (Å²) < 4.78 is 41.4. The van der Waals surface area contributed by atoms with Crippen LogP contribution >= 0.6 is 0 Å². The third kappa shape index (κ3) is 5.06. The van der Waals surface area contributed by atoms with Crippen LogP contribution in [0.2, 0.25) is 0 Å². The first kappa shape index (κ1) is 21.1. The molecule has 30 heavy (non-hydrogen) atoms. The van der Waals surface area contributed by atoms with Gasteiger partial charge in [0, 0.05) is 12.4 Å². The van der Waals surface area contributed by atoms with Crippen molar-refractivity contribution in [1.29, 1.82) is 0 Å². The summed E-state index contributed by atoms with van der Waals surface area (Å²) in [5, 5.41) is 3.81. The quantitative estimate of drug-likeness (QED) is 0.465. The maximum absolute atomic E-state index is 14.4. The third-order valence-corrected chi connectivity index (χ3v) is 5.90. The van der Waals surface area contributed by atoms with Gasteiger partial charge in [0.15, 0.2) is 0 Å². The van der Waals surface area contributed by atoms with E-state index in [-0.39, 0.29) is 10.6 Å². The molecule has 0 radical (unpaired) electrons. The molecular weight excluding hydrogens is 407 g/mol. The average Bonchev–Trinajstić information content (AvgIpc) is 2.74. The molecule has 1 N–H and O–H groups in total. The van der Waals surface area contributed by atoms with E-state index in [0.717, 1.165) is 15.9 Å². The van der Waals surface area contributed by atoms with Crippen LogP contribution < -0.4 is 9.73 Å². The summed E-state index contributed by atoms with van der Waals surface area (Å²) in [5.74, 6) is -1.49. The monoisotopic (exact) mass is 426 g/mol. The molecule has 1 amide bonds. The van der Waals surface area contributed by atoms with Crippen molar-refractivity contribution in [2.24, 2.45) is 5.10 Å². The summed E-state index contributed by atoms with van der Waals surface area (Å²) in [6.07, 6.45) is 4.52. The van der Waals surface area contributed by atoms with Gasteiger partial charge in [-0.05, 0) is 48.9 Å². The van der Waals surface area contributed by atoms with E-state index >= 15 is 0 Å². The molecule has 0 atom stereocenters. The van der Waals surface area contributed by atoms with Crippen LogP contribution in [0.4, 0.5) is 10.1 Å². The summed E-state index contributed by atoms with van der Waals surface area (Å²) in [6, 6.07) is 14.8. The van der Waals surface area contributed by atoms with Gasteiger partial charge in [0.05, 0.1) is 16.8 Å². The van der Waals surface area contributed by atoms with E-state index < -0.39 is 28.3 Å². The Balaban J connectivity index is 1.87. The lowest BCUT2D eigenvalue weighted by atomic mass is 10.2. The minimum absolute atomic E-state index is 0.0514. The van der Waals surface area contributed by atoms with Crippen molar-refractivity contribution in [3.8, 4) is 0 Å². The second kappa shape index (κ2) is 9.27. The highest BCUT2D eigenvalue weighted by Crippen LogP contribution is 2.26. The first-order valence-corrected chi connectivity index (χ1v) is 10.4. The average molecular weight is 426 g/mol. The Labute approximate surface area is 173 Å². The molecule has 0 aliphatic rings. The number of nitrogens with one attached hydrogen (secondary N) is 1. The van der Waals surface area contributed by atoms with Crippen molar-refractivity contribution in [3.63, 3.8) is 0 Å². The zero-order valence-electron chi connectivity index (χ0n) is 16.1. The molecule has 3 aromatic rings. The summed E-state index contributed by atoms with van der Waals surface area (Å²) in [7, 11) is -4.19. The number of amides is 1. The Kier molecular flexibility index (Phi) is 6.53. The Morgan fingerprint density at radius 2 is 1.77 bits per heavy atom. The number of nitrogens with zero attached hydrogens (tertiary/aromatic N) is 3. The number of hydrogen-bond acceptors (Lipinski definition) is 5. The minimum atomic E-state index is -4.19. The fourth-order valence-corrected chi connectivity index (χ4v) is 4.01. The van der Waals surface area contributed by atoms with Gasteiger partial charge in [-0.2, -0.15) is 5.10 Å². The lowest BCUT2D eigenvalue weighted by Crippen LogP contribution is -2.40. The van der Waals surface area contributed by atoms with Crippen LogP contribution in [-0.4, -0.2) is 32.1 Å². The van der Waals surface area contributed by atoms with Gasteiger partial charge in [0.2, 0.25) is 0 Å². The predicted octanol–water partition coefficient (Wildman–Crippen LogP) is 2.87. The molecule has 0 aliphatic carbocycles. The number of para-hydroxylation sites is 1. The number of hydrogen-bond donors (Lipinski definition) is 1. The third-order valence-electron chi connectivity index (χ3n) is 4.13. The maximum Gasteiger partial charge on any atom is 0.264 e. The number of pyridine rings is 1. The highest BCUT2D eigenvalue weighted by Gasteiger charge is 2.29. The van der Waals surface area contributed by atoms with Crippen molar-refractivity contribution in [1.82, 2.24) is 10.4 Å². The zero-order chi connectivity index (χ0) is 21.6. The van der Waals surface area contributed by atoms with Gasteiger partial charge in [0.25, 0.3) is 15.9 Å². The van der Waals surface area contributed by atoms with E-state index in [9.17, 15) is 17.6 Å². The van der Waals surface area contributed by atoms with E-state index in [4.69, 9.17) is 0 Å². The smallest absolute Gasteiger partial charge is 0.264 e. The molecule has 9 heteroatoms. The molecule has 1 heterocycles. The lowest BCUT2D eigenvalue weighted by Gasteiger charge is -2.24. The summed E-state index contributed by atoms with van der Waals surface area (Å²) in [5.41, 5.74) is 3.60. The highest BCUT2D eigenvalue weighted by molar-refractivity contribution is 7.92. The van der Waals surface area contributed by atoms with Gasteiger partial charge < -0.3 is 0 Å². The van der Waals surface area contributed by atoms with E-state index in [2.05, 4.69) is 15.5 Å². The van der Waals surface area contributed by atoms with Gasteiger partial charge in [0.1, 0.15) is 12.4 Å². The largest absolute Gasteiger partial charge is 0.271 e. The number of carbonyl (C=O) groups is 1. The lowest BCUT2D eigenvalue weighted by molar-refractivity contribution is -0.119. The van der Waals surface area contributed by atoms with Gasteiger partial charge in [-0.1, -0.05) is 29.8 Å². The first-order chi connectivity index (χ1) is 14.4. The number of benzene rings is 2. The first-order valence-electron chi connectivity index (χ1n) is 8.94. The highest BCUT2D eigenvalue weighted by atomic mass is 32.2. The number of aryl methyl sites for hydroxylation is 1. The van der Waals surface area contributed by atoms with Crippen LogP contribution in [0.5, 0.6) is 0 Å². The van der Waals surface area contributed by atoms with Gasteiger partial charge in [-0.25, -0.2) is 18.2 Å². The normalized spacial score (nSPS) is 11.4.